The highest BCUT2D eigenvalue weighted by molar-refractivity contribution is 6.08. The summed E-state index contributed by atoms with van der Waals surface area (Å²) in [4.78, 5) is 37.0. The molecule has 0 saturated carbocycles. The van der Waals surface area contributed by atoms with Crippen molar-refractivity contribution < 1.29 is 42.8 Å². The van der Waals surface area contributed by atoms with Gasteiger partial charge in [-0.3, -0.25) is 4.79 Å². The number of hydrogen-bond acceptors (Lipinski definition) is 8. The highest BCUT2D eigenvalue weighted by atomic mass is 19.1. The largest absolute Gasteiger partial charge is 0.493 e. The maximum absolute atomic E-state index is 14.7. The second-order valence-electron chi connectivity index (χ2n) is 5.56. The third kappa shape index (κ3) is 4.50. The molecule has 0 aliphatic carbocycles. The molecule has 1 unspecified atom stereocenters. The zero-order valence-corrected chi connectivity index (χ0v) is 16.3. The fourth-order valence-electron chi connectivity index (χ4n) is 2.56. The number of esters is 2. The van der Waals surface area contributed by atoms with Gasteiger partial charge in [-0.05, 0) is 19.9 Å². The van der Waals surface area contributed by atoms with E-state index in [1.54, 1.807) is 0 Å². The molecule has 0 aliphatic heterocycles. The van der Waals surface area contributed by atoms with Crippen LogP contribution >= 0.6 is 0 Å². The van der Waals surface area contributed by atoms with E-state index in [0.29, 0.717) is 0 Å². The monoisotopic (exact) mass is 401 g/mol. The van der Waals surface area contributed by atoms with Crippen molar-refractivity contribution in [1.29, 1.82) is 0 Å². The Balaban J connectivity index is 3.70. The van der Waals surface area contributed by atoms with Crippen LogP contribution in [0.3, 0.4) is 0 Å². The molecule has 1 amide bonds. The van der Waals surface area contributed by atoms with Gasteiger partial charge in [-0.1, -0.05) is 0 Å². The Morgan fingerprint density at radius 3 is 1.93 bits per heavy atom. The number of rotatable bonds is 9. The van der Waals surface area contributed by atoms with E-state index < -0.39 is 40.9 Å². The molecule has 0 radical (unpaired) electrons. The van der Waals surface area contributed by atoms with Crippen LogP contribution in [0.15, 0.2) is 12.1 Å². The maximum atomic E-state index is 14.7. The molecule has 1 rings (SSSR count). The summed E-state index contributed by atoms with van der Waals surface area (Å²) < 4.78 is 34.4. The van der Waals surface area contributed by atoms with Gasteiger partial charge in [0, 0.05) is 18.6 Å². The third-order valence-electron chi connectivity index (χ3n) is 3.78. The molecule has 28 heavy (non-hydrogen) atoms. The summed E-state index contributed by atoms with van der Waals surface area (Å²) in [5, 5.41) is 13.0. The van der Waals surface area contributed by atoms with Crippen LogP contribution in [-0.4, -0.2) is 55.9 Å². The highest BCUT2D eigenvalue weighted by Crippen LogP contribution is 2.37. The number of hydrogen-bond donors (Lipinski definition) is 2. The lowest BCUT2D eigenvalue weighted by atomic mass is 9.86. The molecule has 0 saturated heterocycles. The van der Waals surface area contributed by atoms with E-state index in [0.717, 1.165) is 19.1 Å². The lowest BCUT2D eigenvalue weighted by Gasteiger charge is -2.34. The quantitative estimate of drug-likeness (QED) is 0.462. The number of halogens is 1. The van der Waals surface area contributed by atoms with Gasteiger partial charge in [0.2, 0.25) is 5.91 Å². The van der Waals surface area contributed by atoms with E-state index in [1.807, 2.05) is 0 Å². The molecule has 0 bridgehead atoms. The average molecular weight is 401 g/mol. The molecular formula is C18H24FNO8. The minimum atomic E-state index is -2.72. The van der Waals surface area contributed by atoms with Crippen LogP contribution in [0, 0.1) is 5.82 Å². The second-order valence-corrected chi connectivity index (χ2v) is 5.56. The molecule has 1 atom stereocenters. The molecule has 9 nitrogen and oxygen atoms in total. The summed E-state index contributed by atoms with van der Waals surface area (Å²) in [6.07, 6.45) is -2.19. The van der Waals surface area contributed by atoms with Gasteiger partial charge < -0.3 is 29.4 Å². The van der Waals surface area contributed by atoms with Crippen LogP contribution in [0.5, 0.6) is 11.5 Å². The van der Waals surface area contributed by atoms with E-state index in [9.17, 15) is 23.9 Å². The highest BCUT2D eigenvalue weighted by Gasteiger charge is 2.57. The van der Waals surface area contributed by atoms with Crippen molar-refractivity contribution in [2.45, 2.75) is 32.4 Å². The third-order valence-corrected chi connectivity index (χ3v) is 3.78. The summed E-state index contributed by atoms with van der Waals surface area (Å²) in [6, 6.07) is 1.96. The van der Waals surface area contributed by atoms with Crippen molar-refractivity contribution in [2.75, 3.05) is 27.4 Å². The van der Waals surface area contributed by atoms with Crippen molar-refractivity contribution in [3.05, 3.63) is 23.5 Å². The zero-order valence-electron chi connectivity index (χ0n) is 16.3. The first-order valence-corrected chi connectivity index (χ1v) is 8.42. The maximum Gasteiger partial charge on any atom is 0.346 e. The molecule has 0 heterocycles. The summed E-state index contributed by atoms with van der Waals surface area (Å²) in [5.41, 5.74) is -3.23. The number of aliphatic hydroxyl groups is 1. The van der Waals surface area contributed by atoms with Gasteiger partial charge in [0.05, 0.1) is 27.4 Å². The molecule has 2 N–H and O–H groups in total. The van der Waals surface area contributed by atoms with Crippen LogP contribution in [0.2, 0.25) is 0 Å². The number of methoxy groups -OCH3 is 2. The predicted octanol–water partition coefficient (Wildman–Crippen LogP) is 0.877. The standard InChI is InChI=1S/C18H24FNO8/c1-6-27-16(23)18(20-10(3)21,17(24)28-7-2)15(22)11-8-13(25-4)14(26-5)9-12(11)19/h8-9,15,22H,6-7H2,1-5H3,(H,20,21). The molecule has 0 aliphatic rings. The molecule has 0 aromatic heterocycles. The summed E-state index contributed by atoms with van der Waals surface area (Å²) >= 11 is 0. The van der Waals surface area contributed by atoms with Crippen LogP contribution in [0.25, 0.3) is 0 Å². The van der Waals surface area contributed by atoms with Crippen LogP contribution < -0.4 is 14.8 Å². The van der Waals surface area contributed by atoms with Crippen molar-refractivity contribution in [1.82, 2.24) is 5.32 Å². The number of nitrogens with one attached hydrogen (secondary N) is 1. The van der Waals surface area contributed by atoms with E-state index in [1.165, 1.54) is 28.1 Å². The summed E-state index contributed by atoms with van der Waals surface area (Å²) in [6.45, 7) is 3.61. The molecule has 1 aromatic rings. The van der Waals surface area contributed by atoms with Gasteiger partial charge in [0.25, 0.3) is 5.54 Å². The molecule has 0 spiro atoms. The Kier molecular flexibility index (Phi) is 8.17. The Morgan fingerprint density at radius 2 is 1.54 bits per heavy atom. The summed E-state index contributed by atoms with van der Waals surface area (Å²) in [5.74, 6) is -4.40. The van der Waals surface area contributed by atoms with Crippen molar-refractivity contribution in [2.24, 2.45) is 0 Å². The van der Waals surface area contributed by atoms with E-state index in [-0.39, 0.29) is 24.7 Å². The minimum Gasteiger partial charge on any atom is -0.493 e. The second kappa shape index (κ2) is 9.88. The topological polar surface area (TPSA) is 120 Å². The summed E-state index contributed by atoms with van der Waals surface area (Å²) in [7, 11) is 2.57. The Bertz CT molecular complexity index is 719. The van der Waals surface area contributed by atoms with E-state index in [4.69, 9.17) is 18.9 Å². The smallest absolute Gasteiger partial charge is 0.346 e. The SMILES string of the molecule is CCOC(=O)C(NC(C)=O)(C(=O)OCC)C(O)c1cc(OC)c(OC)cc1F. The first-order chi connectivity index (χ1) is 13.2. The molecule has 0 fully saturated rings. The van der Waals surface area contributed by atoms with Crippen molar-refractivity contribution >= 4 is 17.8 Å². The van der Waals surface area contributed by atoms with Gasteiger partial charge in [-0.15, -0.1) is 0 Å². The van der Waals surface area contributed by atoms with Crippen LogP contribution in [-0.2, 0) is 23.9 Å². The predicted molar refractivity (Wildman–Crippen MR) is 94.3 cm³/mol. The number of ether oxygens (including phenoxy) is 4. The number of aliphatic hydroxyl groups excluding tert-OH is 1. The van der Waals surface area contributed by atoms with Gasteiger partial charge in [0.1, 0.15) is 11.9 Å². The molecule has 1 aromatic carbocycles. The Hall–Kier alpha value is -2.88. The fraction of sp³-hybridized carbons (Fsp3) is 0.500. The zero-order chi connectivity index (χ0) is 21.5. The lowest BCUT2D eigenvalue weighted by molar-refractivity contribution is -0.175. The number of carbonyl (C=O) groups is 3. The number of carbonyl (C=O) groups excluding carboxylic acids is 3. The molecule has 10 heteroatoms. The normalized spacial score (nSPS) is 12.0. The van der Waals surface area contributed by atoms with Gasteiger partial charge >= 0.3 is 11.9 Å². The Labute approximate surface area is 161 Å². The van der Waals surface area contributed by atoms with Gasteiger partial charge in [0.15, 0.2) is 11.5 Å². The fourth-order valence-corrected chi connectivity index (χ4v) is 2.56. The van der Waals surface area contributed by atoms with Gasteiger partial charge in [-0.25, -0.2) is 14.0 Å². The first-order valence-electron chi connectivity index (χ1n) is 8.42. The van der Waals surface area contributed by atoms with Crippen molar-refractivity contribution in [3.63, 3.8) is 0 Å². The van der Waals surface area contributed by atoms with Crippen molar-refractivity contribution in [3.8, 4) is 11.5 Å². The van der Waals surface area contributed by atoms with Gasteiger partial charge in [-0.2, -0.15) is 0 Å². The van der Waals surface area contributed by atoms with E-state index >= 15 is 0 Å². The number of amides is 1. The molecular weight excluding hydrogens is 377 g/mol. The molecule has 156 valence electrons. The first kappa shape index (κ1) is 23.2. The average Bonchev–Trinajstić information content (AvgIpc) is 2.65. The van der Waals surface area contributed by atoms with Crippen LogP contribution in [0.4, 0.5) is 4.39 Å². The minimum absolute atomic E-state index is 0.0216. The van der Waals surface area contributed by atoms with E-state index in [2.05, 4.69) is 5.32 Å². The lowest BCUT2D eigenvalue weighted by Crippen LogP contribution is -2.64. The van der Waals surface area contributed by atoms with Crippen LogP contribution in [0.1, 0.15) is 32.4 Å². The Morgan fingerprint density at radius 1 is 1.07 bits per heavy atom. The number of benzene rings is 1.